The topological polar surface area (TPSA) is 120 Å². The first kappa shape index (κ1) is 31.1. The van der Waals surface area contributed by atoms with Crippen LogP contribution in [0, 0.1) is 0 Å². The Hall–Kier alpha value is -5.29. The smallest absolute Gasteiger partial charge is 0.343 e. The molecule has 0 unspecified atom stereocenters. The Bertz CT molecular complexity index is 1860. The minimum Gasteiger partial charge on any atom is -0.493 e. The molecule has 1 aromatic heterocycles. The Morgan fingerprint density at radius 3 is 2.27 bits per heavy atom. The molecule has 2 N–H and O–H groups in total. The molecule has 230 valence electrons. The van der Waals surface area contributed by atoms with Crippen LogP contribution in [0.5, 0.6) is 28.7 Å². The summed E-state index contributed by atoms with van der Waals surface area (Å²) in [5, 5.41) is 5.08. The fourth-order valence-electron chi connectivity index (χ4n) is 4.78. The van der Waals surface area contributed by atoms with Gasteiger partial charge in [-0.15, -0.1) is 0 Å². The van der Waals surface area contributed by atoms with Crippen LogP contribution in [-0.2, 0) is 0 Å². The third kappa shape index (κ3) is 6.78. The van der Waals surface area contributed by atoms with Crippen molar-refractivity contribution in [1.82, 2.24) is 10.4 Å². The second kappa shape index (κ2) is 14.0. The second-order valence-corrected chi connectivity index (χ2v) is 10.5. The number of benzene rings is 4. The summed E-state index contributed by atoms with van der Waals surface area (Å²) in [6, 6.07) is 23.4. The van der Waals surface area contributed by atoms with Crippen molar-refractivity contribution in [2.75, 3.05) is 27.9 Å². The fourth-order valence-corrected chi connectivity index (χ4v) is 5.14. The number of carbonyl (C=O) groups is 2. The van der Waals surface area contributed by atoms with Gasteiger partial charge >= 0.3 is 5.97 Å². The number of ether oxygens (including phenoxy) is 5. The van der Waals surface area contributed by atoms with Crippen molar-refractivity contribution in [2.24, 2.45) is 5.10 Å². The van der Waals surface area contributed by atoms with Crippen LogP contribution in [-0.4, -0.2) is 51.0 Å². The molecule has 5 aromatic rings. The molecule has 1 heterocycles. The number of amides is 1. The van der Waals surface area contributed by atoms with Gasteiger partial charge in [-0.3, -0.25) is 4.79 Å². The highest BCUT2D eigenvalue weighted by Gasteiger charge is 2.21. The van der Waals surface area contributed by atoms with E-state index in [-0.39, 0.29) is 11.3 Å². The molecule has 0 atom stereocenters. The predicted molar refractivity (Wildman–Crippen MR) is 175 cm³/mol. The number of nitrogens with zero attached hydrogens (tertiary/aromatic N) is 1. The number of hydrazone groups is 1. The molecule has 45 heavy (non-hydrogen) atoms. The monoisotopic (exact) mass is 671 g/mol. The number of rotatable bonds is 11. The van der Waals surface area contributed by atoms with Gasteiger partial charge in [-0.05, 0) is 66.6 Å². The number of carbonyl (C=O) groups excluding carboxylic acids is 2. The summed E-state index contributed by atoms with van der Waals surface area (Å²) in [5.74, 6) is 0.463. The van der Waals surface area contributed by atoms with Crippen LogP contribution in [0.25, 0.3) is 22.0 Å². The van der Waals surface area contributed by atoms with E-state index < -0.39 is 11.9 Å². The van der Waals surface area contributed by atoms with Crippen LogP contribution < -0.4 is 29.1 Å². The van der Waals surface area contributed by atoms with Crippen LogP contribution in [0.2, 0.25) is 0 Å². The maximum Gasteiger partial charge on any atom is 0.343 e. The third-order valence-electron chi connectivity index (χ3n) is 6.80. The lowest BCUT2D eigenvalue weighted by Crippen LogP contribution is -2.18. The maximum atomic E-state index is 13.3. The normalized spacial score (nSPS) is 11.0. The van der Waals surface area contributed by atoms with Gasteiger partial charge in [0.1, 0.15) is 5.69 Å². The van der Waals surface area contributed by atoms with E-state index in [1.165, 1.54) is 39.7 Å². The lowest BCUT2D eigenvalue weighted by molar-refractivity contribution is 0.0727. The molecule has 4 aromatic carbocycles. The lowest BCUT2D eigenvalue weighted by atomic mass is 10.0. The zero-order valence-electron chi connectivity index (χ0n) is 25.0. The fraction of sp³-hybridized carbons (Fsp3) is 0.147. The summed E-state index contributed by atoms with van der Waals surface area (Å²) < 4.78 is 28.3. The largest absolute Gasteiger partial charge is 0.493 e. The molecule has 0 spiro atoms. The van der Waals surface area contributed by atoms with Crippen molar-refractivity contribution in [3.8, 4) is 39.9 Å². The van der Waals surface area contributed by atoms with Gasteiger partial charge in [0.15, 0.2) is 23.0 Å². The van der Waals surface area contributed by atoms with E-state index in [0.29, 0.717) is 40.9 Å². The molecule has 0 aliphatic rings. The number of hydrogen-bond donors (Lipinski definition) is 2. The van der Waals surface area contributed by atoms with Gasteiger partial charge in [-0.25, -0.2) is 10.2 Å². The molecule has 0 aliphatic carbocycles. The van der Waals surface area contributed by atoms with Crippen LogP contribution in [0.4, 0.5) is 0 Å². The Morgan fingerprint density at radius 1 is 0.867 bits per heavy atom. The quantitative estimate of drug-likeness (QED) is 0.0671. The Kier molecular flexibility index (Phi) is 9.69. The molecule has 0 fully saturated rings. The minimum absolute atomic E-state index is 0.194. The summed E-state index contributed by atoms with van der Waals surface area (Å²) >= 11 is 3.53. The SMILES string of the molecule is CCOc1cc(C=NNC(=O)c2[nH]c3ccc(Br)cc3c2-c2ccccc2)ccc1OC(=O)c1cc(OC)c(OC)c(OC)c1. The summed E-state index contributed by atoms with van der Waals surface area (Å²) in [5.41, 5.74) is 6.29. The zero-order chi connectivity index (χ0) is 31.9. The summed E-state index contributed by atoms with van der Waals surface area (Å²) in [6.45, 7) is 2.14. The minimum atomic E-state index is -0.650. The summed E-state index contributed by atoms with van der Waals surface area (Å²) in [6.07, 6.45) is 1.48. The first-order valence-corrected chi connectivity index (χ1v) is 14.6. The third-order valence-corrected chi connectivity index (χ3v) is 7.29. The second-order valence-electron chi connectivity index (χ2n) is 9.57. The molecule has 11 heteroatoms. The number of hydrogen-bond acceptors (Lipinski definition) is 8. The van der Waals surface area contributed by atoms with E-state index in [1.54, 1.807) is 18.2 Å². The number of esters is 1. The summed E-state index contributed by atoms with van der Waals surface area (Å²) in [4.78, 5) is 29.6. The van der Waals surface area contributed by atoms with Crippen LogP contribution in [0.1, 0.15) is 33.3 Å². The van der Waals surface area contributed by atoms with Crippen LogP contribution in [0.3, 0.4) is 0 Å². The molecule has 1 amide bonds. The number of halogens is 1. The number of H-pyrrole nitrogens is 1. The van der Waals surface area contributed by atoms with E-state index in [9.17, 15) is 9.59 Å². The summed E-state index contributed by atoms with van der Waals surface area (Å²) in [7, 11) is 4.40. The van der Waals surface area contributed by atoms with Gasteiger partial charge in [0, 0.05) is 20.9 Å². The molecule has 0 bridgehead atoms. The van der Waals surface area contributed by atoms with E-state index in [2.05, 4.69) is 31.4 Å². The van der Waals surface area contributed by atoms with Gasteiger partial charge in [0.25, 0.3) is 5.91 Å². The Labute approximate surface area is 268 Å². The molecular weight excluding hydrogens is 642 g/mol. The number of methoxy groups -OCH3 is 3. The van der Waals surface area contributed by atoms with Crippen molar-refractivity contribution in [2.45, 2.75) is 6.92 Å². The Morgan fingerprint density at radius 2 is 1.60 bits per heavy atom. The molecule has 10 nitrogen and oxygen atoms in total. The van der Waals surface area contributed by atoms with Gasteiger partial charge in [0.05, 0.1) is 39.7 Å². The number of nitrogens with one attached hydrogen (secondary N) is 2. The average Bonchev–Trinajstić information content (AvgIpc) is 3.44. The maximum absolute atomic E-state index is 13.3. The van der Waals surface area contributed by atoms with E-state index in [1.807, 2.05) is 55.5 Å². The van der Waals surface area contributed by atoms with E-state index in [0.717, 1.165) is 26.5 Å². The van der Waals surface area contributed by atoms with Crippen molar-refractivity contribution in [3.05, 3.63) is 100 Å². The van der Waals surface area contributed by atoms with Crippen molar-refractivity contribution in [3.63, 3.8) is 0 Å². The predicted octanol–water partition coefficient (Wildman–Crippen LogP) is 7.01. The van der Waals surface area contributed by atoms with E-state index in [4.69, 9.17) is 23.7 Å². The average molecular weight is 673 g/mol. The van der Waals surface area contributed by atoms with Gasteiger partial charge in [0.2, 0.25) is 5.75 Å². The highest BCUT2D eigenvalue weighted by atomic mass is 79.9. The Balaban J connectivity index is 1.36. The van der Waals surface area contributed by atoms with Gasteiger partial charge < -0.3 is 28.7 Å². The lowest BCUT2D eigenvalue weighted by Gasteiger charge is -2.15. The zero-order valence-corrected chi connectivity index (χ0v) is 26.6. The highest BCUT2D eigenvalue weighted by molar-refractivity contribution is 9.10. The molecule has 5 rings (SSSR count). The first-order valence-electron chi connectivity index (χ1n) is 13.9. The molecule has 0 aliphatic heterocycles. The number of fused-ring (bicyclic) bond motifs is 1. The number of aromatic nitrogens is 1. The molecule has 0 radical (unpaired) electrons. The highest BCUT2D eigenvalue weighted by Crippen LogP contribution is 2.39. The van der Waals surface area contributed by atoms with Crippen molar-refractivity contribution >= 4 is 44.9 Å². The van der Waals surface area contributed by atoms with Gasteiger partial charge in [-0.1, -0.05) is 46.3 Å². The van der Waals surface area contributed by atoms with Crippen LogP contribution in [0.15, 0.2) is 88.4 Å². The standard InChI is InChI=1S/C34H30BrN3O7/c1-5-44-27-15-20(11-14-26(27)45-34(40)22-16-28(41-2)32(43-4)29(17-22)42-3)19-36-38-33(39)31-30(21-9-7-6-8-10-21)24-18-23(35)12-13-25(24)37-31/h6-19,37H,5H2,1-4H3,(H,38,39). The van der Waals surface area contributed by atoms with Gasteiger partial charge in [-0.2, -0.15) is 5.10 Å². The molecule has 0 saturated carbocycles. The van der Waals surface area contributed by atoms with Crippen LogP contribution >= 0.6 is 15.9 Å². The number of aromatic amines is 1. The van der Waals surface area contributed by atoms with Crippen molar-refractivity contribution in [1.29, 1.82) is 0 Å². The molecular formula is C34H30BrN3O7. The molecule has 0 saturated heterocycles. The van der Waals surface area contributed by atoms with Crippen molar-refractivity contribution < 1.29 is 33.3 Å². The first-order chi connectivity index (χ1) is 21.9. The van der Waals surface area contributed by atoms with E-state index >= 15 is 0 Å².